The fourth-order valence-corrected chi connectivity index (χ4v) is 2.87. The van der Waals surface area contributed by atoms with Crippen molar-refractivity contribution in [1.82, 2.24) is 0 Å². The Morgan fingerprint density at radius 2 is 2.05 bits per heavy atom. The SMILES string of the molecule is CCCC(Sc1ccc(C(F)(F)F)cc1N)C(=O)OCC. The third kappa shape index (κ3) is 5.15. The lowest BCUT2D eigenvalue weighted by Crippen LogP contribution is -2.20. The van der Waals surface area contributed by atoms with Crippen LogP contribution in [-0.4, -0.2) is 17.8 Å². The summed E-state index contributed by atoms with van der Waals surface area (Å²) in [6.45, 7) is 3.89. The van der Waals surface area contributed by atoms with Crippen LogP contribution in [0.15, 0.2) is 23.1 Å². The Hall–Kier alpha value is -1.37. The highest BCUT2D eigenvalue weighted by atomic mass is 32.2. The second-order valence-electron chi connectivity index (χ2n) is 4.40. The van der Waals surface area contributed by atoms with Crippen LogP contribution in [0.2, 0.25) is 0 Å². The lowest BCUT2D eigenvalue weighted by molar-refractivity contribution is -0.142. The molecule has 1 rings (SSSR count). The smallest absolute Gasteiger partial charge is 0.416 e. The molecule has 1 aromatic rings. The van der Waals surface area contributed by atoms with Crippen LogP contribution in [0.5, 0.6) is 0 Å². The summed E-state index contributed by atoms with van der Waals surface area (Å²) in [5, 5.41) is -0.464. The molecule has 0 radical (unpaired) electrons. The summed E-state index contributed by atoms with van der Waals surface area (Å²) in [7, 11) is 0. The minimum Gasteiger partial charge on any atom is -0.465 e. The Labute approximate surface area is 126 Å². The van der Waals surface area contributed by atoms with E-state index >= 15 is 0 Å². The zero-order valence-corrected chi connectivity index (χ0v) is 12.7. The number of hydrogen-bond acceptors (Lipinski definition) is 4. The first-order chi connectivity index (χ1) is 9.79. The first-order valence-corrected chi connectivity index (χ1v) is 7.47. The number of ether oxygens (including phenoxy) is 1. The summed E-state index contributed by atoms with van der Waals surface area (Å²) < 4.78 is 42.7. The second-order valence-corrected chi connectivity index (χ2v) is 5.64. The molecule has 0 spiro atoms. The maximum atomic E-state index is 12.6. The van der Waals surface area contributed by atoms with Crippen LogP contribution < -0.4 is 5.73 Å². The largest absolute Gasteiger partial charge is 0.465 e. The van der Waals surface area contributed by atoms with Gasteiger partial charge in [0.25, 0.3) is 0 Å². The van der Waals surface area contributed by atoms with Crippen molar-refractivity contribution in [1.29, 1.82) is 0 Å². The molecule has 1 unspecified atom stereocenters. The number of nitrogens with two attached hydrogens (primary N) is 1. The maximum absolute atomic E-state index is 12.6. The van der Waals surface area contributed by atoms with Crippen molar-refractivity contribution in [3.63, 3.8) is 0 Å². The van der Waals surface area contributed by atoms with Crippen LogP contribution in [0.4, 0.5) is 18.9 Å². The van der Waals surface area contributed by atoms with Crippen molar-refractivity contribution in [3.8, 4) is 0 Å². The van der Waals surface area contributed by atoms with E-state index in [1.165, 1.54) is 6.07 Å². The Bertz CT molecular complexity index is 492. The van der Waals surface area contributed by atoms with Crippen LogP contribution in [0.25, 0.3) is 0 Å². The molecule has 0 saturated heterocycles. The first-order valence-electron chi connectivity index (χ1n) is 6.59. The van der Waals surface area contributed by atoms with E-state index in [1.54, 1.807) is 6.92 Å². The molecule has 0 saturated carbocycles. The van der Waals surface area contributed by atoms with Gasteiger partial charge < -0.3 is 10.5 Å². The minimum absolute atomic E-state index is 0.0141. The zero-order valence-electron chi connectivity index (χ0n) is 11.9. The van der Waals surface area contributed by atoms with E-state index in [2.05, 4.69) is 0 Å². The highest BCUT2D eigenvalue weighted by Crippen LogP contribution is 2.36. The molecule has 0 aliphatic carbocycles. The van der Waals surface area contributed by atoms with Crippen LogP contribution in [0.3, 0.4) is 0 Å². The molecule has 21 heavy (non-hydrogen) atoms. The molecule has 0 aromatic heterocycles. The summed E-state index contributed by atoms with van der Waals surface area (Å²) in [4.78, 5) is 12.3. The predicted molar refractivity (Wildman–Crippen MR) is 77.0 cm³/mol. The van der Waals surface area contributed by atoms with Gasteiger partial charge >= 0.3 is 12.1 Å². The molecule has 1 aromatic carbocycles. The topological polar surface area (TPSA) is 52.3 Å². The summed E-state index contributed by atoms with van der Waals surface area (Å²) in [5.41, 5.74) is 4.88. The number of anilines is 1. The second kappa shape index (κ2) is 7.59. The Morgan fingerprint density at radius 1 is 1.38 bits per heavy atom. The summed E-state index contributed by atoms with van der Waals surface area (Å²) in [6, 6.07) is 3.15. The van der Waals surface area contributed by atoms with Gasteiger partial charge in [-0.05, 0) is 31.5 Å². The molecule has 0 bridgehead atoms. The predicted octanol–water partition coefficient (Wildman–Crippen LogP) is 4.11. The van der Waals surface area contributed by atoms with Crippen LogP contribution >= 0.6 is 11.8 Å². The van der Waals surface area contributed by atoms with E-state index in [9.17, 15) is 18.0 Å². The third-order valence-corrected chi connectivity index (χ3v) is 4.05. The van der Waals surface area contributed by atoms with Crippen molar-refractivity contribution in [2.24, 2.45) is 0 Å². The van der Waals surface area contributed by atoms with Gasteiger partial charge in [-0.2, -0.15) is 13.2 Å². The molecule has 7 heteroatoms. The van der Waals surface area contributed by atoms with Crippen LogP contribution in [-0.2, 0) is 15.7 Å². The van der Waals surface area contributed by atoms with Crippen LogP contribution in [0.1, 0.15) is 32.3 Å². The molecule has 0 aliphatic heterocycles. The number of thioether (sulfide) groups is 1. The molecule has 1 atom stereocenters. The monoisotopic (exact) mass is 321 g/mol. The fraction of sp³-hybridized carbons (Fsp3) is 0.500. The van der Waals surface area contributed by atoms with E-state index in [4.69, 9.17) is 10.5 Å². The fourth-order valence-electron chi connectivity index (χ4n) is 1.71. The lowest BCUT2D eigenvalue weighted by atomic mass is 10.2. The van der Waals surface area contributed by atoms with Gasteiger partial charge in [-0.1, -0.05) is 13.3 Å². The van der Waals surface area contributed by atoms with E-state index in [0.29, 0.717) is 11.3 Å². The maximum Gasteiger partial charge on any atom is 0.416 e. The van der Waals surface area contributed by atoms with E-state index in [-0.39, 0.29) is 18.3 Å². The number of esters is 1. The molecule has 0 heterocycles. The molecule has 0 fully saturated rings. The van der Waals surface area contributed by atoms with Crippen molar-refractivity contribution in [2.75, 3.05) is 12.3 Å². The number of nitrogen functional groups attached to an aromatic ring is 1. The number of rotatable bonds is 6. The highest BCUT2D eigenvalue weighted by Gasteiger charge is 2.31. The molecule has 2 N–H and O–H groups in total. The minimum atomic E-state index is -4.43. The number of halogens is 3. The third-order valence-electron chi connectivity index (χ3n) is 2.71. The van der Waals surface area contributed by atoms with Gasteiger partial charge in [0.05, 0.1) is 12.2 Å². The van der Waals surface area contributed by atoms with Gasteiger partial charge in [-0.3, -0.25) is 4.79 Å². The van der Waals surface area contributed by atoms with Crippen molar-refractivity contribution >= 4 is 23.4 Å². The standard InChI is InChI=1S/C14H18F3NO2S/c1-3-5-12(13(19)20-4-2)21-11-7-6-9(8-10(11)18)14(15,16)17/h6-8,12H,3-5,18H2,1-2H3. The first kappa shape index (κ1) is 17.7. The molecular weight excluding hydrogens is 303 g/mol. The molecular formula is C14H18F3NO2S. The average Bonchev–Trinajstić information content (AvgIpc) is 2.39. The molecule has 0 aliphatic rings. The number of benzene rings is 1. The molecule has 0 amide bonds. The van der Waals surface area contributed by atoms with Gasteiger partial charge in [0, 0.05) is 10.6 Å². The Kier molecular flexibility index (Phi) is 6.39. The Morgan fingerprint density at radius 3 is 2.52 bits per heavy atom. The zero-order chi connectivity index (χ0) is 16.0. The van der Waals surface area contributed by atoms with E-state index in [0.717, 1.165) is 30.3 Å². The van der Waals surface area contributed by atoms with Gasteiger partial charge in [-0.15, -0.1) is 11.8 Å². The normalized spacial score (nSPS) is 13.0. The van der Waals surface area contributed by atoms with Gasteiger partial charge in [-0.25, -0.2) is 0 Å². The van der Waals surface area contributed by atoms with Crippen LogP contribution in [0, 0.1) is 0 Å². The van der Waals surface area contributed by atoms with E-state index in [1.807, 2.05) is 6.92 Å². The lowest BCUT2D eigenvalue weighted by Gasteiger charge is -2.16. The average molecular weight is 321 g/mol. The van der Waals surface area contributed by atoms with Crippen molar-refractivity contribution in [3.05, 3.63) is 23.8 Å². The van der Waals surface area contributed by atoms with E-state index < -0.39 is 17.0 Å². The number of carbonyl (C=O) groups excluding carboxylic acids is 1. The summed E-state index contributed by atoms with van der Waals surface area (Å²) >= 11 is 1.14. The summed E-state index contributed by atoms with van der Waals surface area (Å²) in [5.74, 6) is -0.372. The van der Waals surface area contributed by atoms with Gasteiger partial charge in [0.15, 0.2) is 0 Å². The van der Waals surface area contributed by atoms with Gasteiger partial charge in [0.1, 0.15) is 5.25 Å². The molecule has 3 nitrogen and oxygen atoms in total. The molecule has 118 valence electrons. The quantitative estimate of drug-likeness (QED) is 0.487. The Balaban J connectivity index is 2.92. The van der Waals surface area contributed by atoms with Crippen molar-refractivity contribution < 1.29 is 22.7 Å². The highest BCUT2D eigenvalue weighted by molar-refractivity contribution is 8.00. The summed E-state index contributed by atoms with van der Waals surface area (Å²) in [6.07, 6.45) is -3.09. The van der Waals surface area contributed by atoms with Gasteiger partial charge in [0.2, 0.25) is 0 Å². The number of hydrogen-bond donors (Lipinski definition) is 1. The van der Waals surface area contributed by atoms with Crippen molar-refractivity contribution in [2.45, 2.75) is 43.0 Å². The number of carbonyl (C=O) groups is 1. The number of alkyl halides is 3.